The summed E-state index contributed by atoms with van der Waals surface area (Å²) in [4.78, 5) is 26.6. The topological polar surface area (TPSA) is 144 Å². The van der Waals surface area contributed by atoms with Gasteiger partial charge in [0.05, 0.1) is 13.2 Å². The first-order chi connectivity index (χ1) is 16.4. The van der Waals surface area contributed by atoms with Gasteiger partial charge in [-0.25, -0.2) is 9.59 Å². The van der Waals surface area contributed by atoms with Crippen molar-refractivity contribution < 1.29 is 34.0 Å². The second-order valence-electron chi connectivity index (χ2n) is 8.08. The van der Waals surface area contributed by atoms with Crippen LogP contribution in [0.1, 0.15) is 11.1 Å². The van der Waals surface area contributed by atoms with Gasteiger partial charge in [-0.1, -0.05) is 60.7 Å². The standard InChI is InChI=1S/C24H27N3O7/c25-24(22(30)33-15-17-9-5-2-6-10-17)11-12-27(23(31)26-24)21-20(19(29)18(13-28)34-21)32-14-16-7-3-1-4-8-16/h1-12,18-21,28-29H,13-15,25H2,(H,26,31)/t18-,19-,20-,21-,24?/m1/s1. The molecule has 10 nitrogen and oxygen atoms in total. The van der Waals surface area contributed by atoms with Crippen molar-refractivity contribution in [3.05, 3.63) is 84.1 Å². The monoisotopic (exact) mass is 469 g/mol. The van der Waals surface area contributed by atoms with E-state index in [1.54, 1.807) is 12.1 Å². The van der Waals surface area contributed by atoms with Crippen LogP contribution in [0.5, 0.6) is 0 Å². The number of amides is 2. The average Bonchev–Trinajstić information content (AvgIpc) is 3.17. The van der Waals surface area contributed by atoms with Gasteiger partial charge < -0.3 is 29.7 Å². The maximum absolute atomic E-state index is 12.9. The quantitative estimate of drug-likeness (QED) is 0.411. The number of hydrogen-bond acceptors (Lipinski definition) is 8. The molecule has 0 saturated carbocycles. The Morgan fingerprint density at radius 1 is 1.09 bits per heavy atom. The van der Waals surface area contributed by atoms with Gasteiger partial charge in [-0.15, -0.1) is 0 Å². The zero-order valence-electron chi connectivity index (χ0n) is 18.3. The Morgan fingerprint density at radius 3 is 2.29 bits per heavy atom. The summed E-state index contributed by atoms with van der Waals surface area (Å²) in [5, 5.41) is 22.6. The van der Waals surface area contributed by atoms with E-state index in [1.807, 2.05) is 48.5 Å². The second kappa shape index (κ2) is 10.3. The number of nitrogens with one attached hydrogen (secondary N) is 1. The fourth-order valence-corrected chi connectivity index (χ4v) is 3.75. The Balaban J connectivity index is 1.45. The van der Waals surface area contributed by atoms with Crippen molar-refractivity contribution in [2.24, 2.45) is 5.73 Å². The van der Waals surface area contributed by atoms with Crippen LogP contribution in [0.3, 0.4) is 0 Å². The number of benzene rings is 2. The molecule has 1 unspecified atom stereocenters. The molecule has 2 heterocycles. The highest BCUT2D eigenvalue weighted by Crippen LogP contribution is 2.29. The zero-order chi connectivity index (χ0) is 24.1. The summed E-state index contributed by atoms with van der Waals surface area (Å²) >= 11 is 0. The van der Waals surface area contributed by atoms with Gasteiger partial charge in [-0.05, 0) is 17.2 Å². The lowest BCUT2D eigenvalue weighted by molar-refractivity contribution is -0.151. The molecular weight excluding hydrogens is 442 g/mol. The largest absolute Gasteiger partial charge is 0.458 e. The highest BCUT2D eigenvalue weighted by Gasteiger charge is 2.50. The number of rotatable bonds is 8. The van der Waals surface area contributed by atoms with Gasteiger partial charge in [0.25, 0.3) is 0 Å². The van der Waals surface area contributed by atoms with Gasteiger partial charge in [0.2, 0.25) is 5.66 Å². The number of nitrogens with zero attached hydrogens (tertiary/aromatic N) is 1. The van der Waals surface area contributed by atoms with Crippen molar-refractivity contribution in [2.45, 2.75) is 43.4 Å². The van der Waals surface area contributed by atoms with Crippen LogP contribution >= 0.6 is 0 Å². The van der Waals surface area contributed by atoms with Gasteiger partial charge >= 0.3 is 12.0 Å². The first-order valence-electron chi connectivity index (χ1n) is 10.8. The van der Waals surface area contributed by atoms with Crippen molar-refractivity contribution in [3.8, 4) is 0 Å². The molecule has 2 aliphatic rings. The third-order valence-electron chi connectivity index (χ3n) is 5.65. The summed E-state index contributed by atoms with van der Waals surface area (Å²) in [6.07, 6.45) is -1.58. The van der Waals surface area contributed by atoms with Crippen molar-refractivity contribution >= 4 is 12.0 Å². The first-order valence-corrected chi connectivity index (χ1v) is 10.8. The number of nitrogens with two attached hydrogens (primary N) is 1. The normalized spacial score (nSPS) is 28.6. The molecule has 2 aromatic carbocycles. The van der Waals surface area contributed by atoms with Crippen LogP contribution < -0.4 is 11.1 Å². The zero-order valence-corrected chi connectivity index (χ0v) is 18.3. The van der Waals surface area contributed by atoms with Crippen LogP contribution in [0.15, 0.2) is 72.9 Å². The Morgan fingerprint density at radius 2 is 1.71 bits per heavy atom. The number of aliphatic hydroxyl groups excluding tert-OH is 2. The lowest BCUT2D eigenvalue weighted by Gasteiger charge is -2.36. The van der Waals surface area contributed by atoms with E-state index in [4.69, 9.17) is 19.9 Å². The lowest BCUT2D eigenvalue weighted by atomic mass is 10.1. The molecule has 5 atom stereocenters. The Kier molecular flexibility index (Phi) is 7.25. The Labute approximate surface area is 196 Å². The minimum absolute atomic E-state index is 0.00242. The summed E-state index contributed by atoms with van der Waals surface area (Å²) in [6.45, 7) is -0.307. The molecule has 180 valence electrons. The molecule has 0 spiro atoms. The van der Waals surface area contributed by atoms with Crippen LogP contribution in [-0.4, -0.2) is 63.9 Å². The second-order valence-corrected chi connectivity index (χ2v) is 8.08. The molecular formula is C24H27N3O7. The van der Waals surface area contributed by atoms with E-state index in [2.05, 4.69) is 5.32 Å². The first kappa shape index (κ1) is 23.9. The summed E-state index contributed by atoms with van der Waals surface area (Å²) in [6, 6.07) is 17.6. The molecule has 2 aliphatic heterocycles. The highest BCUT2D eigenvalue weighted by molar-refractivity contribution is 5.90. The number of ether oxygens (including phenoxy) is 3. The SMILES string of the molecule is NC1(C(=O)OCc2ccccc2)C=CN([C@@H]2O[C@H](CO)[C@@H](O)[C@H]2OCc2ccccc2)C(=O)N1. The summed E-state index contributed by atoms with van der Waals surface area (Å²) in [5.74, 6) is -0.835. The third kappa shape index (κ3) is 5.11. The van der Waals surface area contributed by atoms with Crippen LogP contribution in [0.4, 0.5) is 4.79 Å². The van der Waals surface area contributed by atoms with Crippen molar-refractivity contribution in [1.82, 2.24) is 10.2 Å². The van der Waals surface area contributed by atoms with E-state index in [0.717, 1.165) is 16.0 Å². The van der Waals surface area contributed by atoms with Gasteiger partial charge in [0.15, 0.2) is 6.23 Å². The van der Waals surface area contributed by atoms with Crippen molar-refractivity contribution in [3.63, 3.8) is 0 Å². The number of hydrogen-bond donors (Lipinski definition) is 4. The van der Waals surface area contributed by atoms with Crippen LogP contribution in [0.2, 0.25) is 0 Å². The van der Waals surface area contributed by atoms with E-state index in [-0.39, 0.29) is 13.2 Å². The van der Waals surface area contributed by atoms with Gasteiger partial charge in [-0.3, -0.25) is 10.6 Å². The number of carbonyl (C=O) groups excluding carboxylic acids is 2. The fourth-order valence-electron chi connectivity index (χ4n) is 3.75. The molecule has 0 aliphatic carbocycles. The van der Waals surface area contributed by atoms with E-state index >= 15 is 0 Å². The molecule has 34 heavy (non-hydrogen) atoms. The Bertz CT molecular complexity index is 1020. The maximum atomic E-state index is 12.9. The van der Waals surface area contributed by atoms with E-state index in [0.29, 0.717) is 0 Å². The fraction of sp³-hybridized carbons (Fsp3) is 0.333. The number of esters is 1. The van der Waals surface area contributed by atoms with Crippen LogP contribution in [0, 0.1) is 0 Å². The number of urea groups is 1. The smallest absolute Gasteiger partial charge is 0.351 e. The molecule has 0 aromatic heterocycles. The minimum Gasteiger partial charge on any atom is -0.458 e. The molecule has 5 N–H and O–H groups in total. The summed E-state index contributed by atoms with van der Waals surface area (Å²) in [7, 11) is 0. The molecule has 0 bridgehead atoms. The number of carbonyl (C=O) groups is 2. The minimum atomic E-state index is -1.88. The predicted molar refractivity (Wildman–Crippen MR) is 119 cm³/mol. The molecule has 2 amide bonds. The van der Waals surface area contributed by atoms with Crippen LogP contribution in [0.25, 0.3) is 0 Å². The van der Waals surface area contributed by atoms with Gasteiger partial charge in [-0.2, -0.15) is 0 Å². The van der Waals surface area contributed by atoms with E-state index < -0.39 is 48.8 Å². The van der Waals surface area contributed by atoms with Crippen molar-refractivity contribution in [2.75, 3.05) is 6.61 Å². The highest BCUT2D eigenvalue weighted by atomic mass is 16.6. The van der Waals surface area contributed by atoms with E-state index in [9.17, 15) is 19.8 Å². The van der Waals surface area contributed by atoms with Crippen LogP contribution in [-0.2, 0) is 32.2 Å². The van der Waals surface area contributed by atoms with Gasteiger partial charge in [0.1, 0.15) is 24.9 Å². The summed E-state index contributed by atoms with van der Waals surface area (Å²) in [5.41, 5.74) is 5.84. The molecule has 1 fully saturated rings. The molecule has 4 rings (SSSR count). The molecule has 0 radical (unpaired) electrons. The third-order valence-corrected chi connectivity index (χ3v) is 5.65. The molecule has 10 heteroatoms. The predicted octanol–water partition coefficient (Wildman–Crippen LogP) is 0.587. The summed E-state index contributed by atoms with van der Waals surface area (Å²) < 4.78 is 16.8. The lowest BCUT2D eigenvalue weighted by Crippen LogP contribution is -2.66. The van der Waals surface area contributed by atoms with Crippen molar-refractivity contribution in [1.29, 1.82) is 0 Å². The average molecular weight is 469 g/mol. The molecule has 2 aromatic rings. The van der Waals surface area contributed by atoms with E-state index in [1.165, 1.54) is 12.3 Å². The number of aliphatic hydroxyl groups is 2. The molecule has 1 saturated heterocycles. The van der Waals surface area contributed by atoms with Gasteiger partial charge in [0, 0.05) is 6.20 Å². The Hall–Kier alpha value is -3.28. The maximum Gasteiger partial charge on any atom is 0.351 e.